The van der Waals surface area contributed by atoms with Crippen molar-refractivity contribution >= 4 is 12.1 Å². The number of carbonyl (C=O) groups excluding carboxylic acids is 1. The van der Waals surface area contributed by atoms with Crippen LogP contribution in [-0.4, -0.2) is 34.9 Å². The Kier molecular flexibility index (Phi) is 5.62. The van der Waals surface area contributed by atoms with E-state index in [1.165, 1.54) is 12.1 Å². The van der Waals surface area contributed by atoms with Crippen LogP contribution in [0.5, 0.6) is 5.75 Å². The van der Waals surface area contributed by atoms with E-state index in [2.05, 4.69) is 5.32 Å². The zero-order valence-electron chi connectivity index (χ0n) is 17.0. The number of carbonyl (C=O) groups is 2. The number of hydrogen-bond donors (Lipinski definition) is 3. The SMILES string of the molecule is C[C@H](c1ccc(O)cc1)[C@H](NC(=O)OCC1c2ccccc2-c2ccccc21)C(=O)O. The molecule has 0 unspecified atom stereocenters. The Hall–Kier alpha value is -3.80. The molecule has 1 aliphatic rings. The molecule has 0 aromatic heterocycles. The standard InChI is InChI=1S/C25H23NO5/c1-15(16-10-12-17(27)13-11-16)23(24(28)29)26-25(30)31-14-22-20-8-4-2-6-18(20)19-7-3-5-9-21(19)22/h2-13,15,22-23,27H,14H2,1H3,(H,26,30)(H,28,29)/t15-,23+/m1/s1. The Morgan fingerprint density at radius 2 is 1.48 bits per heavy atom. The van der Waals surface area contributed by atoms with Crippen LogP contribution < -0.4 is 5.32 Å². The molecule has 6 nitrogen and oxygen atoms in total. The first-order valence-electron chi connectivity index (χ1n) is 10.1. The van der Waals surface area contributed by atoms with E-state index in [0.717, 1.165) is 22.3 Å². The number of aliphatic carboxylic acids is 1. The van der Waals surface area contributed by atoms with Gasteiger partial charge in [0, 0.05) is 11.8 Å². The van der Waals surface area contributed by atoms with E-state index >= 15 is 0 Å². The third-order valence-electron chi connectivity index (χ3n) is 5.80. The second-order valence-corrected chi connectivity index (χ2v) is 7.67. The number of ether oxygens (including phenoxy) is 1. The van der Waals surface area contributed by atoms with Crippen LogP contribution in [0.3, 0.4) is 0 Å². The number of nitrogens with one attached hydrogen (secondary N) is 1. The van der Waals surface area contributed by atoms with Gasteiger partial charge in [-0.1, -0.05) is 67.6 Å². The van der Waals surface area contributed by atoms with Crippen LogP contribution in [0.25, 0.3) is 11.1 Å². The second kappa shape index (κ2) is 8.52. The first-order chi connectivity index (χ1) is 15.0. The summed E-state index contributed by atoms with van der Waals surface area (Å²) >= 11 is 0. The molecule has 0 saturated heterocycles. The number of fused-ring (bicyclic) bond motifs is 3. The number of phenols is 1. The van der Waals surface area contributed by atoms with Crippen molar-refractivity contribution in [1.29, 1.82) is 0 Å². The molecule has 1 amide bonds. The van der Waals surface area contributed by atoms with Crippen molar-refractivity contribution in [3.8, 4) is 16.9 Å². The fourth-order valence-corrected chi connectivity index (χ4v) is 4.14. The number of carboxylic acids is 1. The van der Waals surface area contributed by atoms with Gasteiger partial charge in [-0.3, -0.25) is 0 Å². The maximum absolute atomic E-state index is 12.5. The Balaban J connectivity index is 1.46. The Morgan fingerprint density at radius 1 is 0.935 bits per heavy atom. The lowest BCUT2D eigenvalue weighted by Crippen LogP contribution is -2.44. The summed E-state index contributed by atoms with van der Waals surface area (Å²) in [6.07, 6.45) is -0.778. The molecule has 6 heteroatoms. The predicted molar refractivity (Wildman–Crippen MR) is 116 cm³/mol. The summed E-state index contributed by atoms with van der Waals surface area (Å²) in [5, 5.41) is 21.5. The summed E-state index contributed by atoms with van der Waals surface area (Å²) < 4.78 is 5.47. The summed E-state index contributed by atoms with van der Waals surface area (Å²) in [4.78, 5) is 24.3. The van der Waals surface area contributed by atoms with Crippen molar-refractivity contribution in [2.24, 2.45) is 0 Å². The molecule has 0 saturated carbocycles. The number of rotatable bonds is 6. The highest BCUT2D eigenvalue weighted by molar-refractivity contribution is 5.82. The Bertz CT molecular complexity index is 1060. The van der Waals surface area contributed by atoms with Gasteiger partial charge in [-0.15, -0.1) is 0 Å². The first-order valence-corrected chi connectivity index (χ1v) is 10.1. The van der Waals surface area contributed by atoms with Gasteiger partial charge in [-0.2, -0.15) is 0 Å². The number of aromatic hydroxyl groups is 1. The highest BCUT2D eigenvalue weighted by atomic mass is 16.5. The van der Waals surface area contributed by atoms with Gasteiger partial charge in [0.1, 0.15) is 18.4 Å². The minimum absolute atomic E-state index is 0.0901. The van der Waals surface area contributed by atoms with Gasteiger partial charge < -0.3 is 20.3 Å². The predicted octanol–water partition coefficient (Wildman–Crippen LogP) is 4.49. The minimum atomic E-state index is -1.17. The molecule has 4 rings (SSSR count). The molecule has 3 aromatic carbocycles. The highest BCUT2D eigenvalue weighted by Crippen LogP contribution is 2.44. The maximum atomic E-state index is 12.5. The zero-order chi connectivity index (χ0) is 22.0. The molecule has 31 heavy (non-hydrogen) atoms. The average molecular weight is 417 g/mol. The molecule has 0 spiro atoms. The lowest BCUT2D eigenvalue weighted by atomic mass is 9.93. The lowest BCUT2D eigenvalue weighted by molar-refractivity contribution is -0.139. The third-order valence-corrected chi connectivity index (χ3v) is 5.80. The number of amides is 1. The van der Waals surface area contributed by atoms with Gasteiger partial charge in [0.05, 0.1) is 0 Å². The van der Waals surface area contributed by atoms with E-state index < -0.39 is 24.0 Å². The van der Waals surface area contributed by atoms with E-state index in [4.69, 9.17) is 4.74 Å². The number of benzene rings is 3. The molecular weight excluding hydrogens is 394 g/mol. The summed E-state index contributed by atoms with van der Waals surface area (Å²) in [6, 6.07) is 21.1. The highest BCUT2D eigenvalue weighted by Gasteiger charge is 2.31. The fraction of sp³-hybridized carbons (Fsp3) is 0.200. The normalized spacial score (nSPS) is 14.2. The van der Waals surface area contributed by atoms with Crippen LogP contribution in [-0.2, 0) is 9.53 Å². The molecule has 0 heterocycles. The molecule has 0 fully saturated rings. The van der Waals surface area contributed by atoms with Crippen molar-refractivity contribution in [2.75, 3.05) is 6.61 Å². The average Bonchev–Trinajstić information content (AvgIpc) is 3.10. The van der Waals surface area contributed by atoms with E-state index in [1.54, 1.807) is 19.1 Å². The van der Waals surface area contributed by atoms with Crippen LogP contribution in [0.4, 0.5) is 4.79 Å². The minimum Gasteiger partial charge on any atom is -0.508 e. The van der Waals surface area contributed by atoms with Gasteiger partial charge in [0.25, 0.3) is 0 Å². The summed E-state index contributed by atoms with van der Waals surface area (Å²) in [6.45, 7) is 1.81. The number of alkyl carbamates (subject to hydrolysis) is 1. The molecule has 3 N–H and O–H groups in total. The molecule has 0 radical (unpaired) electrons. The quantitative estimate of drug-likeness (QED) is 0.549. The van der Waals surface area contributed by atoms with E-state index in [0.29, 0.717) is 5.56 Å². The maximum Gasteiger partial charge on any atom is 0.407 e. The Labute approximate surface area is 180 Å². The fourth-order valence-electron chi connectivity index (χ4n) is 4.14. The zero-order valence-corrected chi connectivity index (χ0v) is 17.0. The van der Waals surface area contributed by atoms with Crippen molar-refractivity contribution in [2.45, 2.75) is 24.8 Å². The van der Waals surface area contributed by atoms with Crippen LogP contribution in [0.2, 0.25) is 0 Å². The largest absolute Gasteiger partial charge is 0.508 e. The van der Waals surface area contributed by atoms with Gasteiger partial charge in [0.2, 0.25) is 0 Å². The lowest BCUT2D eigenvalue weighted by Gasteiger charge is -2.22. The number of carboxylic acid groups (broad SMARTS) is 1. The molecule has 0 bridgehead atoms. The molecule has 2 atom stereocenters. The van der Waals surface area contributed by atoms with Crippen LogP contribution >= 0.6 is 0 Å². The van der Waals surface area contributed by atoms with Gasteiger partial charge in [0.15, 0.2) is 0 Å². The van der Waals surface area contributed by atoms with Gasteiger partial charge in [-0.25, -0.2) is 9.59 Å². The molecule has 158 valence electrons. The molecule has 0 aliphatic heterocycles. The van der Waals surface area contributed by atoms with Crippen LogP contribution in [0.1, 0.15) is 35.4 Å². The van der Waals surface area contributed by atoms with Crippen molar-refractivity contribution < 1.29 is 24.5 Å². The van der Waals surface area contributed by atoms with Crippen LogP contribution in [0.15, 0.2) is 72.8 Å². The molecule has 3 aromatic rings. The third kappa shape index (κ3) is 4.10. The molecule has 1 aliphatic carbocycles. The van der Waals surface area contributed by atoms with Crippen molar-refractivity contribution in [3.05, 3.63) is 89.5 Å². The monoisotopic (exact) mass is 417 g/mol. The van der Waals surface area contributed by atoms with Crippen molar-refractivity contribution in [3.63, 3.8) is 0 Å². The number of hydrogen-bond acceptors (Lipinski definition) is 4. The molecular formula is C25H23NO5. The topological polar surface area (TPSA) is 95.9 Å². The summed E-state index contributed by atoms with van der Waals surface area (Å²) in [7, 11) is 0. The Morgan fingerprint density at radius 3 is 2.03 bits per heavy atom. The van der Waals surface area contributed by atoms with Crippen molar-refractivity contribution in [1.82, 2.24) is 5.32 Å². The smallest absolute Gasteiger partial charge is 0.407 e. The summed E-state index contributed by atoms with van der Waals surface area (Å²) in [5.41, 5.74) is 5.10. The van der Waals surface area contributed by atoms with Crippen LogP contribution in [0, 0.1) is 0 Å². The van der Waals surface area contributed by atoms with E-state index in [-0.39, 0.29) is 18.3 Å². The van der Waals surface area contributed by atoms with Gasteiger partial charge >= 0.3 is 12.1 Å². The van der Waals surface area contributed by atoms with E-state index in [9.17, 15) is 19.8 Å². The first kappa shape index (κ1) is 20.5. The number of phenolic OH excluding ortho intramolecular Hbond substituents is 1. The second-order valence-electron chi connectivity index (χ2n) is 7.67. The summed E-state index contributed by atoms with van der Waals surface area (Å²) in [5.74, 6) is -1.68. The van der Waals surface area contributed by atoms with E-state index in [1.807, 2.05) is 48.5 Å². The van der Waals surface area contributed by atoms with Gasteiger partial charge in [-0.05, 0) is 39.9 Å².